The summed E-state index contributed by atoms with van der Waals surface area (Å²) in [7, 11) is 0. The number of rotatable bonds is 3. The predicted molar refractivity (Wildman–Crippen MR) is 97.7 cm³/mol. The highest BCUT2D eigenvalue weighted by atomic mass is 35.5. The van der Waals surface area contributed by atoms with Crippen molar-refractivity contribution in [2.75, 3.05) is 4.90 Å². The molecule has 1 unspecified atom stereocenters. The standard InChI is InChI=1S/C17H14ClN3O2S/c18-11-5-4-8-13(9-11)21-15(22)10-14(16(21)23)24-17(19)20-12-6-2-1-3-7-12/h1-9,14H,10H2,(H2,19,20). The van der Waals surface area contributed by atoms with Crippen LogP contribution in [0, 0.1) is 0 Å². The van der Waals surface area contributed by atoms with Gasteiger partial charge in [0.15, 0.2) is 5.17 Å². The molecular formula is C17H14ClN3O2S. The molecule has 0 spiro atoms. The third kappa shape index (κ3) is 3.60. The molecule has 122 valence electrons. The number of nitrogens with two attached hydrogens (primary N) is 1. The van der Waals surface area contributed by atoms with Gasteiger partial charge < -0.3 is 5.73 Å². The number of anilines is 1. The molecule has 7 heteroatoms. The van der Waals surface area contributed by atoms with Gasteiger partial charge in [-0.1, -0.05) is 47.6 Å². The van der Waals surface area contributed by atoms with Gasteiger partial charge in [-0.05, 0) is 30.3 Å². The lowest BCUT2D eigenvalue weighted by atomic mass is 10.3. The van der Waals surface area contributed by atoms with Crippen molar-refractivity contribution < 1.29 is 9.59 Å². The lowest BCUT2D eigenvalue weighted by molar-refractivity contribution is -0.121. The van der Waals surface area contributed by atoms with Crippen LogP contribution in [0.4, 0.5) is 11.4 Å². The number of hydrogen-bond acceptors (Lipinski definition) is 4. The predicted octanol–water partition coefficient (Wildman–Crippen LogP) is 3.35. The number of aliphatic imine (C=N–C) groups is 1. The molecule has 1 aliphatic heterocycles. The van der Waals surface area contributed by atoms with Crippen molar-refractivity contribution in [3.8, 4) is 0 Å². The molecule has 0 bridgehead atoms. The second-order valence-corrected chi connectivity index (χ2v) is 6.80. The van der Waals surface area contributed by atoms with Gasteiger partial charge in [0.05, 0.1) is 11.4 Å². The van der Waals surface area contributed by atoms with Crippen LogP contribution in [0.1, 0.15) is 6.42 Å². The van der Waals surface area contributed by atoms with Gasteiger partial charge in [-0.3, -0.25) is 9.59 Å². The second kappa shape index (κ2) is 7.07. The first-order chi connectivity index (χ1) is 11.5. The van der Waals surface area contributed by atoms with Crippen molar-refractivity contribution in [2.24, 2.45) is 10.7 Å². The quantitative estimate of drug-likeness (QED) is 0.518. The number of halogens is 1. The highest BCUT2D eigenvalue weighted by molar-refractivity contribution is 8.15. The summed E-state index contributed by atoms with van der Waals surface area (Å²) in [6, 6.07) is 15.9. The minimum atomic E-state index is -0.580. The van der Waals surface area contributed by atoms with Gasteiger partial charge >= 0.3 is 0 Å². The Bertz CT molecular complexity index is 810. The van der Waals surface area contributed by atoms with E-state index in [-0.39, 0.29) is 23.4 Å². The van der Waals surface area contributed by atoms with Crippen molar-refractivity contribution >= 4 is 51.7 Å². The summed E-state index contributed by atoms with van der Waals surface area (Å²) in [5.74, 6) is -0.578. The van der Waals surface area contributed by atoms with E-state index in [1.165, 1.54) is 0 Å². The zero-order valence-corrected chi connectivity index (χ0v) is 14.1. The molecule has 0 aliphatic carbocycles. The lowest BCUT2D eigenvalue weighted by Crippen LogP contribution is -2.31. The van der Waals surface area contributed by atoms with Crippen LogP contribution in [0.25, 0.3) is 0 Å². The Morgan fingerprint density at radius 2 is 1.92 bits per heavy atom. The van der Waals surface area contributed by atoms with Crippen LogP contribution in [0.2, 0.25) is 5.02 Å². The molecule has 1 heterocycles. The van der Waals surface area contributed by atoms with Crippen LogP contribution in [0.5, 0.6) is 0 Å². The second-order valence-electron chi connectivity index (χ2n) is 5.14. The molecule has 1 aliphatic rings. The molecule has 1 saturated heterocycles. The van der Waals surface area contributed by atoms with Crippen molar-refractivity contribution in [3.05, 3.63) is 59.6 Å². The van der Waals surface area contributed by atoms with Crippen LogP contribution < -0.4 is 10.6 Å². The molecule has 3 rings (SSSR count). The van der Waals surface area contributed by atoms with E-state index in [9.17, 15) is 9.59 Å². The maximum Gasteiger partial charge on any atom is 0.247 e. The smallest absolute Gasteiger partial charge is 0.247 e. The van der Waals surface area contributed by atoms with Gasteiger partial charge in [0.25, 0.3) is 0 Å². The van der Waals surface area contributed by atoms with Crippen molar-refractivity contribution in [2.45, 2.75) is 11.7 Å². The van der Waals surface area contributed by atoms with E-state index in [0.29, 0.717) is 16.4 Å². The fourth-order valence-electron chi connectivity index (χ4n) is 2.38. The first-order valence-corrected chi connectivity index (χ1v) is 8.48. The fourth-order valence-corrected chi connectivity index (χ4v) is 3.45. The minimum Gasteiger partial charge on any atom is -0.378 e. The van der Waals surface area contributed by atoms with Crippen LogP contribution in [-0.2, 0) is 9.59 Å². The Balaban J connectivity index is 1.76. The summed E-state index contributed by atoms with van der Waals surface area (Å²) in [4.78, 5) is 30.2. The number of nitrogens with zero attached hydrogens (tertiary/aromatic N) is 2. The third-order valence-electron chi connectivity index (χ3n) is 3.43. The fraction of sp³-hybridized carbons (Fsp3) is 0.118. The number of carbonyl (C=O) groups excluding carboxylic acids is 2. The summed E-state index contributed by atoms with van der Waals surface area (Å²) >= 11 is 7.04. The zero-order chi connectivity index (χ0) is 17.1. The van der Waals surface area contributed by atoms with E-state index in [0.717, 1.165) is 16.7 Å². The SMILES string of the molecule is NC(=Nc1ccccc1)SC1CC(=O)N(c2cccc(Cl)c2)C1=O. The Labute approximate surface area is 148 Å². The Morgan fingerprint density at radius 3 is 2.62 bits per heavy atom. The first kappa shape index (κ1) is 16.5. The number of hydrogen-bond donors (Lipinski definition) is 1. The minimum absolute atomic E-state index is 0.0843. The van der Waals surface area contributed by atoms with Crippen LogP contribution >= 0.6 is 23.4 Å². The molecule has 1 fully saturated rings. The van der Waals surface area contributed by atoms with Gasteiger partial charge in [0.2, 0.25) is 11.8 Å². The van der Waals surface area contributed by atoms with Gasteiger partial charge in [0.1, 0.15) is 5.25 Å². The Kier molecular flexibility index (Phi) is 4.87. The molecule has 2 amide bonds. The molecule has 2 aromatic rings. The van der Waals surface area contributed by atoms with E-state index in [1.807, 2.05) is 30.3 Å². The van der Waals surface area contributed by atoms with Crippen LogP contribution in [0.15, 0.2) is 59.6 Å². The summed E-state index contributed by atoms with van der Waals surface area (Å²) in [6.45, 7) is 0. The highest BCUT2D eigenvalue weighted by Crippen LogP contribution is 2.31. The number of imide groups is 1. The van der Waals surface area contributed by atoms with Crippen LogP contribution in [-0.4, -0.2) is 22.2 Å². The largest absolute Gasteiger partial charge is 0.378 e. The van der Waals surface area contributed by atoms with Gasteiger partial charge in [-0.15, -0.1) is 0 Å². The third-order valence-corrected chi connectivity index (χ3v) is 4.65. The number of para-hydroxylation sites is 1. The molecule has 2 N–H and O–H groups in total. The van der Waals surface area contributed by atoms with Crippen molar-refractivity contribution in [1.29, 1.82) is 0 Å². The summed E-state index contributed by atoms with van der Waals surface area (Å²) in [5.41, 5.74) is 7.08. The van der Waals surface area contributed by atoms with E-state index in [1.54, 1.807) is 24.3 Å². The van der Waals surface area contributed by atoms with E-state index in [2.05, 4.69) is 4.99 Å². The normalized spacial score (nSPS) is 18.3. The summed E-state index contributed by atoms with van der Waals surface area (Å²) < 4.78 is 0. The molecule has 1 atom stereocenters. The molecule has 0 radical (unpaired) electrons. The van der Waals surface area contributed by atoms with Gasteiger partial charge in [0, 0.05) is 11.4 Å². The zero-order valence-electron chi connectivity index (χ0n) is 12.6. The molecule has 5 nitrogen and oxygen atoms in total. The lowest BCUT2D eigenvalue weighted by Gasteiger charge is -2.15. The maximum absolute atomic E-state index is 12.5. The molecular weight excluding hydrogens is 346 g/mol. The average Bonchev–Trinajstić information content (AvgIpc) is 2.82. The van der Waals surface area contributed by atoms with Crippen molar-refractivity contribution in [3.63, 3.8) is 0 Å². The van der Waals surface area contributed by atoms with Gasteiger partial charge in [-0.25, -0.2) is 9.89 Å². The van der Waals surface area contributed by atoms with Crippen molar-refractivity contribution in [1.82, 2.24) is 0 Å². The van der Waals surface area contributed by atoms with Crippen LogP contribution in [0.3, 0.4) is 0 Å². The molecule has 24 heavy (non-hydrogen) atoms. The number of carbonyl (C=O) groups is 2. The maximum atomic E-state index is 12.5. The first-order valence-electron chi connectivity index (χ1n) is 7.23. The number of amides is 2. The highest BCUT2D eigenvalue weighted by Gasteiger charge is 2.40. The molecule has 0 saturated carbocycles. The molecule has 0 aromatic heterocycles. The topological polar surface area (TPSA) is 75.8 Å². The summed E-state index contributed by atoms with van der Waals surface area (Å²) in [5, 5.41) is 0.138. The Morgan fingerprint density at radius 1 is 1.17 bits per heavy atom. The number of thioether (sulfide) groups is 1. The van der Waals surface area contributed by atoms with E-state index >= 15 is 0 Å². The monoisotopic (exact) mass is 359 g/mol. The average molecular weight is 360 g/mol. The number of benzene rings is 2. The Hall–Kier alpha value is -2.31. The van der Waals surface area contributed by atoms with E-state index < -0.39 is 5.25 Å². The van der Waals surface area contributed by atoms with Gasteiger partial charge in [-0.2, -0.15) is 0 Å². The van der Waals surface area contributed by atoms with E-state index in [4.69, 9.17) is 17.3 Å². The molecule has 2 aromatic carbocycles. The number of amidine groups is 1. The summed E-state index contributed by atoms with van der Waals surface area (Å²) in [6.07, 6.45) is 0.0843.